The first-order valence-corrected chi connectivity index (χ1v) is 7.94. The highest BCUT2D eigenvalue weighted by Crippen LogP contribution is 2.15. The molecule has 0 saturated heterocycles. The molecular weight excluding hydrogens is 334 g/mol. The van der Waals surface area contributed by atoms with Gasteiger partial charge in [0.25, 0.3) is 11.2 Å². The van der Waals surface area contributed by atoms with Crippen LogP contribution in [0.5, 0.6) is 0 Å². The van der Waals surface area contributed by atoms with Gasteiger partial charge in [0.15, 0.2) is 0 Å². The lowest BCUT2D eigenvalue weighted by atomic mass is 10.1. The highest BCUT2D eigenvalue weighted by molar-refractivity contribution is 5.99. The molecule has 0 atom stereocenters. The molecule has 2 aromatic heterocycles. The molecule has 3 rings (SSSR count). The average Bonchev–Trinajstić information content (AvgIpc) is 2.95. The van der Waals surface area contributed by atoms with Gasteiger partial charge in [0.1, 0.15) is 0 Å². The Hall–Kier alpha value is -3.55. The van der Waals surface area contributed by atoms with Gasteiger partial charge in [-0.3, -0.25) is 30.0 Å². The Balaban J connectivity index is 1.92. The Kier molecular flexibility index (Phi) is 4.74. The Morgan fingerprint density at radius 3 is 2.65 bits per heavy atom. The minimum absolute atomic E-state index is 0.0282. The number of hydrogen-bond donors (Lipinski definition) is 1. The predicted molar refractivity (Wildman–Crippen MR) is 97.9 cm³/mol. The molecule has 1 aromatic carbocycles. The van der Waals surface area contributed by atoms with E-state index in [9.17, 15) is 14.9 Å². The number of aliphatic imine (C=N–C) groups is 1. The second-order valence-electron chi connectivity index (χ2n) is 5.79. The van der Waals surface area contributed by atoms with Crippen molar-refractivity contribution in [1.29, 1.82) is 0 Å². The number of hydrogen-bond acceptors (Lipinski definition) is 5. The number of pyridine rings is 1. The van der Waals surface area contributed by atoms with Crippen molar-refractivity contribution in [2.45, 2.75) is 20.4 Å². The topological polar surface area (TPSA) is 106 Å². The van der Waals surface area contributed by atoms with Crippen molar-refractivity contribution >= 4 is 11.4 Å². The van der Waals surface area contributed by atoms with E-state index in [1.807, 2.05) is 12.1 Å². The van der Waals surface area contributed by atoms with Crippen molar-refractivity contribution in [2.75, 3.05) is 0 Å². The number of benzene rings is 1. The number of aromatic nitrogens is 3. The molecule has 0 fully saturated rings. The number of nitro groups is 1. The molecule has 0 radical (unpaired) electrons. The number of rotatable bonds is 5. The summed E-state index contributed by atoms with van der Waals surface area (Å²) < 4.78 is 1.36. The van der Waals surface area contributed by atoms with Crippen LogP contribution in [0.2, 0.25) is 0 Å². The lowest BCUT2D eigenvalue weighted by Gasteiger charge is -2.01. The predicted octanol–water partition coefficient (Wildman–Crippen LogP) is 2.79. The third-order valence-corrected chi connectivity index (χ3v) is 3.97. The molecule has 26 heavy (non-hydrogen) atoms. The van der Waals surface area contributed by atoms with Crippen molar-refractivity contribution in [3.05, 3.63) is 86.1 Å². The summed E-state index contributed by atoms with van der Waals surface area (Å²) in [5, 5.41) is 13.8. The zero-order valence-corrected chi connectivity index (χ0v) is 14.3. The van der Waals surface area contributed by atoms with Gasteiger partial charge >= 0.3 is 0 Å². The second kappa shape index (κ2) is 7.14. The van der Waals surface area contributed by atoms with Gasteiger partial charge in [-0.2, -0.15) is 0 Å². The maximum absolute atomic E-state index is 12.8. The van der Waals surface area contributed by atoms with Crippen molar-refractivity contribution in [1.82, 2.24) is 14.8 Å². The molecule has 0 spiro atoms. The van der Waals surface area contributed by atoms with Crippen LogP contribution in [0.3, 0.4) is 0 Å². The average molecular weight is 351 g/mol. The Bertz CT molecular complexity index is 1020. The lowest BCUT2D eigenvalue weighted by Crippen LogP contribution is -2.19. The van der Waals surface area contributed by atoms with Crippen LogP contribution in [0, 0.1) is 17.0 Å². The molecule has 0 bridgehead atoms. The molecule has 132 valence electrons. The number of aromatic amines is 1. The van der Waals surface area contributed by atoms with Gasteiger partial charge in [-0.15, -0.1) is 0 Å². The Morgan fingerprint density at radius 2 is 2.04 bits per heavy atom. The summed E-state index contributed by atoms with van der Waals surface area (Å²) in [5.41, 5.74) is 3.00. The zero-order chi connectivity index (χ0) is 18.7. The number of nitro benzene ring substituents is 1. The van der Waals surface area contributed by atoms with E-state index in [0.717, 1.165) is 5.56 Å². The van der Waals surface area contributed by atoms with E-state index >= 15 is 0 Å². The van der Waals surface area contributed by atoms with E-state index in [1.54, 1.807) is 26.2 Å². The first-order valence-electron chi connectivity index (χ1n) is 7.94. The quantitative estimate of drug-likeness (QED) is 0.433. The number of nitrogens with one attached hydrogen (secondary N) is 1. The SMILES string of the molecule is CC(=NCc1cccnc1)c1c(C)[nH]n(-c2ccc([N+](=O)[O-])cc2)c1=O. The van der Waals surface area contributed by atoms with Crippen molar-refractivity contribution in [2.24, 2.45) is 4.99 Å². The van der Waals surface area contributed by atoms with Gasteiger partial charge in [-0.25, -0.2) is 4.68 Å². The summed E-state index contributed by atoms with van der Waals surface area (Å²) in [4.78, 5) is 31.6. The summed E-state index contributed by atoms with van der Waals surface area (Å²) in [5.74, 6) is 0. The van der Waals surface area contributed by atoms with Crippen LogP contribution in [0.1, 0.15) is 23.7 Å². The summed E-state index contributed by atoms with van der Waals surface area (Å²) in [7, 11) is 0. The zero-order valence-electron chi connectivity index (χ0n) is 14.3. The number of H-pyrrole nitrogens is 1. The maximum Gasteiger partial charge on any atom is 0.280 e. The summed E-state index contributed by atoms with van der Waals surface area (Å²) in [6.45, 7) is 4.01. The summed E-state index contributed by atoms with van der Waals surface area (Å²) >= 11 is 0. The van der Waals surface area contributed by atoms with Crippen LogP contribution in [0.25, 0.3) is 5.69 Å². The smallest absolute Gasteiger partial charge is 0.280 e. The van der Waals surface area contributed by atoms with Crippen molar-refractivity contribution < 1.29 is 4.92 Å². The van der Waals surface area contributed by atoms with Crippen LogP contribution in [0.15, 0.2) is 58.6 Å². The van der Waals surface area contributed by atoms with E-state index in [0.29, 0.717) is 29.2 Å². The maximum atomic E-state index is 12.8. The first kappa shape index (κ1) is 17.3. The van der Waals surface area contributed by atoms with E-state index in [-0.39, 0.29) is 11.2 Å². The molecule has 0 unspecified atom stereocenters. The van der Waals surface area contributed by atoms with Gasteiger partial charge in [0.05, 0.1) is 22.7 Å². The minimum Gasteiger partial charge on any atom is -0.295 e. The largest absolute Gasteiger partial charge is 0.295 e. The van der Waals surface area contributed by atoms with E-state index in [4.69, 9.17) is 0 Å². The fraction of sp³-hybridized carbons (Fsp3) is 0.167. The van der Waals surface area contributed by atoms with Gasteiger partial charge in [-0.1, -0.05) is 6.07 Å². The van der Waals surface area contributed by atoms with Crippen LogP contribution < -0.4 is 5.56 Å². The fourth-order valence-electron chi connectivity index (χ4n) is 2.66. The first-order chi connectivity index (χ1) is 12.5. The second-order valence-corrected chi connectivity index (χ2v) is 5.79. The Labute approximate surface area is 149 Å². The van der Waals surface area contributed by atoms with Gasteiger partial charge in [0.2, 0.25) is 0 Å². The van der Waals surface area contributed by atoms with E-state index < -0.39 is 4.92 Å². The minimum atomic E-state index is -0.479. The molecule has 0 aliphatic heterocycles. The van der Waals surface area contributed by atoms with Gasteiger partial charge in [0, 0.05) is 35.9 Å². The van der Waals surface area contributed by atoms with Crippen molar-refractivity contribution in [3.63, 3.8) is 0 Å². The molecule has 0 aliphatic rings. The monoisotopic (exact) mass is 351 g/mol. The van der Waals surface area contributed by atoms with Crippen LogP contribution >= 0.6 is 0 Å². The standard InChI is InChI=1S/C18H17N5O3/c1-12(20-11-14-4-3-9-19-10-14)17-13(2)21-22(18(17)24)15-5-7-16(8-6-15)23(25)26/h3-10,21H,11H2,1-2H3. The molecule has 0 amide bonds. The molecule has 8 heteroatoms. The summed E-state index contributed by atoms with van der Waals surface area (Å²) in [6.07, 6.45) is 3.43. The summed E-state index contributed by atoms with van der Waals surface area (Å²) in [6, 6.07) is 9.54. The molecule has 1 N–H and O–H groups in total. The third kappa shape index (κ3) is 3.44. The fourth-order valence-corrected chi connectivity index (χ4v) is 2.66. The highest BCUT2D eigenvalue weighted by Gasteiger charge is 2.15. The molecule has 0 aliphatic carbocycles. The lowest BCUT2D eigenvalue weighted by molar-refractivity contribution is -0.384. The molecular formula is C18H17N5O3. The number of nitrogens with zero attached hydrogens (tertiary/aromatic N) is 4. The third-order valence-electron chi connectivity index (χ3n) is 3.97. The molecule has 0 saturated carbocycles. The highest BCUT2D eigenvalue weighted by atomic mass is 16.6. The van der Waals surface area contributed by atoms with Crippen LogP contribution in [-0.4, -0.2) is 25.4 Å². The van der Waals surface area contributed by atoms with Crippen molar-refractivity contribution in [3.8, 4) is 5.69 Å². The van der Waals surface area contributed by atoms with Gasteiger partial charge in [-0.05, 0) is 37.6 Å². The number of aryl methyl sites for hydroxylation is 1. The molecule has 8 nitrogen and oxygen atoms in total. The number of non-ortho nitro benzene ring substituents is 1. The van der Waals surface area contributed by atoms with Crippen LogP contribution in [0.4, 0.5) is 5.69 Å². The Morgan fingerprint density at radius 1 is 1.31 bits per heavy atom. The molecule has 3 aromatic rings. The van der Waals surface area contributed by atoms with Crippen LogP contribution in [-0.2, 0) is 6.54 Å². The molecule has 2 heterocycles. The van der Waals surface area contributed by atoms with Gasteiger partial charge < -0.3 is 0 Å². The van der Waals surface area contributed by atoms with E-state index in [2.05, 4.69) is 15.1 Å². The van der Waals surface area contributed by atoms with E-state index in [1.165, 1.54) is 28.9 Å². The normalized spacial score (nSPS) is 11.5.